The topological polar surface area (TPSA) is 67.2 Å². The summed E-state index contributed by atoms with van der Waals surface area (Å²) in [4.78, 5) is 10.6. The summed E-state index contributed by atoms with van der Waals surface area (Å²) in [6.45, 7) is 2.62. The highest BCUT2D eigenvalue weighted by Crippen LogP contribution is 2.31. The summed E-state index contributed by atoms with van der Waals surface area (Å²) in [6.07, 6.45) is 0. The lowest BCUT2D eigenvalue weighted by Crippen LogP contribution is -2.00. The number of hydrogen-bond donors (Lipinski definition) is 2. The van der Waals surface area contributed by atoms with E-state index in [-0.39, 0.29) is 5.69 Å². The largest absolute Gasteiger partial charge is 0.385 e. The van der Waals surface area contributed by atoms with Crippen LogP contribution in [0.25, 0.3) is 0 Å². The standard InChI is InChI=1S/C14H13BrClN3O2/c1-2-17-10-6-11(8-12(7-10)19(20)21)18-14-4-3-9(16)5-13(14)15/h3-8,17-18H,2H2,1H3. The van der Waals surface area contributed by atoms with E-state index in [2.05, 4.69) is 26.6 Å². The molecule has 0 saturated carbocycles. The van der Waals surface area contributed by atoms with Gasteiger partial charge in [0, 0.05) is 39.5 Å². The van der Waals surface area contributed by atoms with E-state index in [4.69, 9.17) is 11.6 Å². The fraction of sp³-hybridized carbons (Fsp3) is 0.143. The van der Waals surface area contributed by atoms with Gasteiger partial charge in [0.15, 0.2) is 0 Å². The molecule has 2 N–H and O–H groups in total. The first-order valence-corrected chi connectivity index (χ1v) is 7.42. The quantitative estimate of drug-likeness (QED) is 0.561. The molecular weight excluding hydrogens is 358 g/mol. The Bertz CT molecular complexity index is 679. The number of halogens is 2. The number of nitro benzene ring substituents is 1. The van der Waals surface area contributed by atoms with Crippen molar-refractivity contribution in [1.82, 2.24) is 0 Å². The second-order valence-electron chi connectivity index (χ2n) is 4.31. The van der Waals surface area contributed by atoms with E-state index in [1.807, 2.05) is 13.0 Å². The highest BCUT2D eigenvalue weighted by Gasteiger charge is 2.10. The zero-order valence-electron chi connectivity index (χ0n) is 11.2. The summed E-state index contributed by atoms with van der Waals surface area (Å²) in [5, 5.41) is 17.8. The summed E-state index contributed by atoms with van der Waals surface area (Å²) in [5.41, 5.74) is 2.13. The van der Waals surface area contributed by atoms with Crippen molar-refractivity contribution in [3.8, 4) is 0 Å². The first-order valence-electron chi connectivity index (χ1n) is 6.25. The van der Waals surface area contributed by atoms with Crippen molar-refractivity contribution < 1.29 is 4.92 Å². The fourth-order valence-electron chi connectivity index (χ4n) is 1.84. The molecule has 0 heterocycles. The second kappa shape index (κ2) is 6.78. The highest BCUT2D eigenvalue weighted by atomic mass is 79.9. The number of nitrogens with one attached hydrogen (secondary N) is 2. The molecule has 0 aliphatic heterocycles. The Morgan fingerprint density at radius 2 is 1.95 bits per heavy atom. The van der Waals surface area contributed by atoms with Crippen LogP contribution in [0.5, 0.6) is 0 Å². The number of nitro groups is 1. The fourth-order valence-corrected chi connectivity index (χ4v) is 2.62. The van der Waals surface area contributed by atoms with Crippen molar-refractivity contribution in [3.05, 3.63) is 56.0 Å². The molecule has 21 heavy (non-hydrogen) atoms. The van der Waals surface area contributed by atoms with Crippen LogP contribution in [0.15, 0.2) is 40.9 Å². The van der Waals surface area contributed by atoms with Gasteiger partial charge in [-0.15, -0.1) is 0 Å². The molecule has 0 fully saturated rings. The molecule has 110 valence electrons. The first-order chi connectivity index (χ1) is 9.99. The van der Waals surface area contributed by atoms with Gasteiger partial charge in [0.2, 0.25) is 0 Å². The number of hydrogen-bond acceptors (Lipinski definition) is 4. The molecule has 2 aromatic rings. The SMILES string of the molecule is CCNc1cc(Nc2ccc(Cl)cc2Br)cc([N+](=O)[O-])c1. The van der Waals surface area contributed by atoms with Gasteiger partial charge < -0.3 is 10.6 Å². The van der Waals surface area contributed by atoms with Crippen LogP contribution < -0.4 is 10.6 Å². The summed E-state index contributed by atoms with van der Waals surface area (Å²) in [5.74, 6) is 0. The Labute approximate surface area is 135 Å². The summed E-state index contributed by atoms with van der Waals surface area (Å²) in [6, 6.07) is 10.1. The van der Waals surface area contributed by atoms with Gasteiger partial charge in [0.05, 0.1) is 10.6 Å². The van der Waals surface area contributed by atoms with E-state index in [0.29, 0.717) is 22.9 Å². The van der Waals surface area contributed by atoms with Crippen LogP contribution in [0.3, 0.4) is 0 Å². The molecule has 0 aliphatic rings. The predicted octanol–water partition coefficient (Wildman–Crippen LogP) is 5.19. The van der Waals surface area contributed by atoms with Gasteiger partial charge in [0.1, 0.15) is 0 Å². The van der Waals surface area contributed by atoms with Gasteiger partial charge in [-0.05, 0) is 47.1 Å². The van der Waals surface area contributed by atoms with Gasteiger partial charge in [0.25, 0.3) is 5.69 Å². The number of non-ortho nitro benzene ring substituents is 1. The van der Waals surface area contributed by atoms with E-state index in [0.717, 1.165) is 10.2 Å². The Morgan fingerprint density at radius 3 is 2.57 bits per heavy atom. The van der Waals surface area contributed by atoms with Gasteiger partial charge in [-0.25, -0.2) is 0 Å². The molecule has 2 rings (SSSR count). The third kappa shape index (κ3) is 4.09. The molecule has 0 radical (unpaired) electrons. The molecule has 5 nitrogen and oxygen atoms in total. The first kappa shape index (κ1) is 15.6. The molecule has 0 saturated heterocycles. The van der Waals surface area contributed by atoms with E-state index in [1.165, 1.54) is 12.1 Å². The normalized spacial score (nSPS) is 10.2. The molecule has 0 amide bonds. The third-order valence-corrected chi connectivity index (χ3v) is 3.61. The molecule has 0 aliphatic carbocycles. The summed E-state index contributed by atoms with van der Waals surface area (Å²) >= 11 is 9.30. The van der Waals surface area contributed by atoms with Crippen molar-refractivity contribution in [1.29, 1.82) is 0 Å². The van der Waals surface area contributed by atoms with E-state index >= 15 is 0 Å². The maximum absolute atomic E-state index is 11.0. The van der Waals surface area contributed by atoms with Gasteiger partial charge in [-0.1, -0.05) is 11.6 Å². The van der Waals surface area contributed by atoms with Gasteiger partial charge in [-0.2, -0.15) is 0 Å². The van der Waals surface area contributed by atoms with Gasteiger partial charge >= 0.3 is 0 Å². The van der Waals surface area contributed by atoms with Crippen molar-refractivity contribution in [2.75, 3.05) is 17.2 Å². The highest BCUT2D eigenvalue weighted by molar-refractivity contribution is 9.10. The number of anilines is 3. The van der Waals surface area contributed by atoms with Crippen LogP contribution in [0.1, 0.15) is 6.92 Å². The van der Waals surface area contributed by atoms with Crippen LogP contribution in [0, 0.1) is 10.1 Å². The molecule has 7 heteroatoms. The molecule has 0 unspecified atom stereocenters. The lowest BCUT2D eigenvalue weighted by molar-refractivity contribution is -0.384. The Kier molecular flexibility index (Phi) is 5.03. The Morgan fingerprint density at radius 1 is 1.24 bits per heavy atom. The van der Waals surface area contributed by atoms with Crippen molar-refractivity contribution in [3.63, 3.8) is 0 Å². The third-order valence-electron chi connectivity index (χ3n) is 2.72. The van der Waals surface area contributed by atoms with Crippen molar-refractivity contribution >= 4 is 50.3 Å². The number of rotatable bonds is 5. The van der Waals surface area contributed by atoms with Crippen LogP contribution >= 0.6 is 27.5 Å². The lowest BCUT2D eigenvalue weighted by atomic mass is 10.2. The maximum Gasteiger partial charge on any atom is 0.273 e. The molecular formula is C14H13BrClN3O2. The predicted molar refractivity (Wildman–Crippen MR) is 89.7 cm³/mol. The van der Waals surface area contributed by atoms with Crippen molar-refractivity contribution in [2.45, 2.75) is 6.92 Å². The second-order valence-corrected chi connectivity index (χ2v) is 5.60. The smallest absolute Gasteiger partial charge is 0.273 e. The molecule has 0 spiro atoms. The summed E-state index contributed by atoms with van der Waals surface area (Å²) < 4.78 is 0.784. The lowest BCUT2D eigenvalue weighted by Gasteiger charge is -2.11. The average Bonchev–Trinajstić information content (AvgIpc) is 2.42. The molecule has 0 atom stereocenters. The van der Waals surface area contributed by atoms with Crippen molar-refractivity contribution in [2.24, 2.45) is 0 Å². The Hall–Kier alpha value is -1.79. The van der Waals surface area contributed by atoms with E-state index < -0.39 is 4.92 Å². The minimum absolute atomic E-state index is 0.0287. The minimum atomic E-state index is -0.414. The van der Waals surface area contributed by atoms with Crippen LogP contribution in [0.2, 0.25) is 5.02 Å². The van der Waals surface area contributed by atoms with E-state index in [1.54, 1.807) is 18.2 Å². The molecule has 0 aromatic heterocycles. The minimum Gasteiger partial charge on any atom is -0.385 e. The molecule has 0 bridgehead atoms. The Balaban J connectivity index is 2.36. The maximum atomic E-state index is 11.0. The average molecular weight is 371 g/mol. The zero-order valence-corrected chi connectivity index (χ0v) is 13.5. The number of benzene rings is 2. The van der Waals surface area contributed by atoms with Gasteiger partial charge in [-0.3, -0.25) is 10.1 Å². The molecule has 2 aromatic carbocycles. The van der Waals surface area contributed by atoms with Crippen LogP contribution in [-0.2, 0) is 0 Å². The zero-order chi connectivity index (χ0) is 15.4. The number of nitrogens with zero attached hydrogens (tertiary/aromatic N) is 1. The van der Waals surface area contributed by atoms with Crippen LogP contribution in [-0.4, -0.2) is 11.5 Å². The van der Waals surface area contributed by atoms with Crippen LogP contribution in [0.4, 0.5) is 22.7 Å². The van der Waals surface area contributed by atoms with E-state index in [9.17, 15) is 10.1 Å². The summed E-state index contributed by atoms with van der Waals surface area (Å²) in [7, 11) is 0. The monoisotopic (exact) mass is 369 g/mol.